The Kier molecular flexibility index (Phi) is 5.51. The molecular formula is C22H22N6O2S. The first-order valence-electron chi connectivity index (χ1n) is 9.65. The molecular weight excluding hydrogens is 412 g/mol. The van der Waals surface area contributed by atoms with Crippen molar-refractivity contribution in [2.75, 3.05) is 12.4 Å². The molecule has 0 spiro atoms. The number of rotatable bonds is 5. The van der Waals surface area contributed by atoms with Crippen LogP contribution in [0.3, 0.4) is 0 Å². The van der Waals surface area contributed by atoms with E-state index in [1.54, 1.807) is 30.9 Å². The van der Waals surface area contributed by atoms with Crippen LogP contribution in [-0.4, -0.2) is 37.7 Å². The molecule has 1 amide bonds. The number of hydrogen-bond donors (Lipinski definition) is 1. The SMILES string of the molecule is COc1ccccc1-c1nc(C(=O)Nc2cc(C(C)(C)C)nn2-c2ncccn2)cs1. The second-order valence-electron chi connectivity index (χ2n) is 7.82. The molecule has 3 aromatic heterocycles. The summed E-state index contributed by atoms with van der Waals surface area (Å²) in [6.45, 7) is 6.16. The lowest BCUT2D eigenvalue weighted by atomic mass is 9.92. The van der Waals surface area contributed by atoms with E-state index in [0.29, 0.717) is 28.2 Å². The van der Waals surface area contributed by atoms with Crippen LogP contribution in [-0.2, 0) is 5.41 Å². The van der Waals surface area contributed by atoms with Gasteiger partial charge in [-0.15, -0.1) is 11.3 Å². The van der Waals surface area contributed by atoms with Crippen LogP contribution in [0.25, 0.3) is 16.5 Å². The summed E-state index contributed by atoms with van der Waals surface area (Å²) >= 11 is 1.38. The molecule has 4 rings (SSSR count). The smallest absolute Gasteiger partial charge is 0.276 e. The van der Waals surface area contributed by atoms with Gasteiger partial charge in [-0.2, -0.15) is 9.78 Å². The fourth-order valence-electron chi connectivity index (χ4n) is 2.89. The lowest BCUT2D eigenvalue weighted by Crippen LogP contribution is -2.16. The Morgan fingerprint density at radius 3 is 2.58 bits per heavy atom. The van der Waals surface area contributed by atoms with E-state index in [0.717, 1.165) is 11.3 Å². The predicted molar refractivity (Wildman–Crippen MR) is 120 cm³/mol. The lowest BCUT2D eigenvalue weighted by Gasteiger charge is -2.13. The molecule has 0 aliphatic heterocycles. The maximum atomic E-state index is 13.0. The Bertz CT molecular complexity index is 1210. The number of carbonyl (C=O) groups is 1. The van der Waals surface area contributed by atoms with E-state index in [1.165, 1.54) is 16.0 Å². The zero-order valence-electron chi connectivity index (χ0n) is 17.7. The molecule has 9 heteroatoms. The quantitative estimate of drug-likeness (QED) is 0.502. The molecule has 1 N–H and O–H groups in total. The Balaban J connectivity index is 1.65. The molecule has 158 valence electrons. The molecule has 8 nitrogen and oxygen atoms in total. The van der Waals surface area contributed by atoms with Crippen molar-refractivity contribution in [3.05, 3.63) is 65.6 Å². The van der Waals surface area contributed by atoms with Gasteiger partial charge in [0.2, 0.25) is 0 Å². The van der Waals surface area contributed by atoms with Crippen LogP contribution in [0.4, 0.5) is 5.82 Å². The van der Waals surface area contributed by atoms with Crippen LogP contribution in [0.2, 0.25) is 0 Å². The van der Waals surface area contributed by atoms with Crippen molar-refractivity contribution in [3.63, 3.8) is 0 Å². The van der Waals surface area contributed by atoms with E-state index < -0.39 is 0 Å². The van der Waals surface area contributed by atoms with E-state index >= 15 is 0 Å². The zero-order valence-corrected chi connectivity index (χ0v) is 18.5. The van der Waals surface area contributed by atoms with Gasteiger partial charge in [0.15, 0.2) is 0 Å². The van der Waals surface area contributed by atoms with Crippen molar-refractivity contribution in [2.24, 2.45) is 0 Å². The minimum atomic E-state index is -0.338. The maximum Gasteiger partial charge on any atom is 0.276 e. The third-order valence-corrected chi connectivity index (χ3v) is 5.41. The number of amides is 1. The summed E-state index contributed by atoms with van der Waals surface area (Å²) in [7, 11) is 1.61. The van der Waals surface area contributed by atoms with Crippen molar-refractivity contribution in [2.45, 2.75) is 26.2 Å². The zero-order chi connectivity index (χ0) is 22.0. The van der Waals surface area contributed by atoms with Gasteiger partial charge in [-0.25, -0.2) is 15.0 Å². The van der Waals surface area contributed by atoms with Crippen LogP contribution >= 0.6 is 11.3 Å². The largest absolute Gasteiger partial charge is 0.496 e. The number of para-hydroxylation sites is 1. The molecule has 1 aromatic carbocycles. The highest BCUT2D eigenvalue weighted by Crippen LogP contribution is 2.32. The third kappa shape index (κ3) is 4.31. The summed E-state index contributed by atoms with van der Waals surface area (Å²) < 4.78 is 6.94. The van der Waals surface area contributed by atoms with Crippen LogP contribution in [0.5, 0.6) is 5.75 Å². The second-order valence-corrected chi connectivity index (χ2v) is 8.68. The minimum absolute atomic E-state index is 0.211. The Labute approximate surface area is 184 Å². The number of methoxy groups -OCH3 is 1. The Morgan fingerprint density at radius 1 is 1.13 bits per heavy atom. The van der Waals surface area contributed by atoms with Gasteiger partial charge in [-0.1, -0.05) is 32.9 Å². The number of hydrogen-bond acceptors (Lipinski definition) is 7. The molecule has 0 radical (unpaired) electrons. The summed E-state index contributed by atoms with van der Waals surface area (Å²) in [4.78, 5) is 26.0. The lowest BCUT2D eigenvalue weighted by molar-refractivity contribution is 0.102. The number of nitrogens with one attached hydrogen (secondary N) is 1. The summed E-state index contributed by atoms with van der Waals surface area (Å²) in [6, 6.07) is 11.1. The Morgan fingerprint density at radius 2 is 1.87 bits per heavy atom. The van der Waals surface area contributed by atoms with Gasteiger partial charge in [-0.05, 0) is 18.2 Å². The number of benzene rings is 1. The highest BCUT2D eigenvalue weighted by Gasteiger charge is 2.23. The number of anilines is 1. The van der Waals surface area contributed by atoms with Crippen LogP contribution in [0.1, 0.15) is 37.0 Å². The fraction of sp³-hybridized carbons (Fsp3) is 0.227. The number of ether oxygens (including phenoxy) is 1. The van der Waals surface area contributed by atoms with Crippen molar-refractivity contribution in [1.82, 2.24) is 24.7 Å². The van der Waals surface area contributed by atoms with Crippen molar-refractivity contribution in [1.29, 1.82) is 0 Å². The van der Waals surface area contributed by atoms with Gasteiger partial charge < -0.3 is 10.1 Å². The first kappa shape index (κ1) is 20.7. The molecule has 0 fully saturated rings. The molecule has 31 heavy (non-hydrogen) atoms. The summed E-state index contributed by atoms with van der Waals surface area (Å²) in [5, 5.41) is 9.95. The minimum Gasteiger partial charge on any atom is -0.496 e. The molecule has 0 atom stereocenters. The molecule has 0 aliphatic rings. The van der Waals surface area contributed by atoms with E-state index in [4.69, 9.17) is 4.74 Å². The van der Waals surface area contributed by atoms with Crippen LogP contribution in [0, 0.1) is 0 Å². The van der Waals surface area contributed by atoms with Crippen molar-refractivity contribution in [3.8, 4) is 22.3 Å². The first-order chi connectivity index (χ1) is 14.9. The summed E-state index contributed by atoms with van der Waals surface area (Å²) in [6.07, 6.45) is 3.26. The normalized spacial score (nSPS) is 11.4. The molecule has 4 aromatic rings. The highest BCUT2D eigenvalue weighted by molar-refractivity contribution is 7.13. The van der Waals surface area contributed by atoms with Crippen molar-refractivity contribution < 1.29 is 9.53 Å². The van der Waals surface area contributed by atoms with Gasteiger partial charge >= 0.3 is 0 Å². The van der Waals surface area contributed by atoms with E-state index in [9.17, 15) is 4.79 Å². The molecule has 0 saturated carbocycles. The second kappa shape index (κ2) is 8.27. The molecule has 3 heterocycles. The fourth-order valence-corrected chi connectivity index (χ4v) is 3.72. The predicted octanol–water partition coefficient (Wildman–Crippen LogP) is 4.34. The average Bonchev–Trinajstić information content (AvgIpc) is 3.42. The van der Waals surface area contributed by atoms with Crippen LogP contribution in [0.15, 0.2) is 54.2 Å². The van der Waals surface area contributed by atoms with E-state index in [-0.39, 0.29) is 11.3 Å². The van der Waals surface area contributed by atoms with Gasteiger partial charge in [0.1, 0.15) is 22.3 Å². The monoisotopic (exact) mass is 434 g/mol. The molecule has 0 unspecified atom stereocenters. The number of nitrogens with zero attached hydrogens (tertiary/aromatic N) is 5. The number of thiazole rings is 1. The standard InChI is InChI=1S/C22H22N6O2S/c1-22(2,3)17-12-18(28(27-17)21-23-10-7-11-24-21)26-19(29)15-13-31-20(25-15)14-8-5-6-9-16(14)30-4/h5-13H,1-4H3,(H,26,29). The van der Waals surface area contributed by atoms with E-state index in [2.05, 4.69) is 46.1 Å². The maximum absolute atomic E-state index is 13.0. The molecule has 0 aliphatic carbocycles. The summed E-state index contributed by atoms with van der Waals surface area (Å²) in [5.41, 5.74) is 1.75. The van der Waals surface area contributed by atoms with Gasteiger partial charge in [0, 0.05) is 29.3 Å². The highest BCUT2D eigenvalue weighted by atomic mass is 32.1. The number of carbonyl (C=O) groups excluding carboxylic acids is 1. The van der Waals surface area contributed by atoms with Gasteiger partial charge in [0.05, 0.1) is 18.4 Å². The molecule has 0 saturated heterocycles. The van der Waals surface area contributed by atoms with Gasteiger partial charge in [0.25, 0.3) is 11.9 Å². The van der Waals surface area contributed by atoms with Crippen LogP contribution < -0.4 is 10.1 Å². The summed E-state index contributed by atoms with van der Waals surface area (Å²) in [5.74, 6) is 1.22. The topological polar surface area (TPSA) is 94.8 Å². The number of aromatic nitrogens is 5. The third-order valence-electron chi connectivity index (χ3n) is 4.54. The van der Waals surface area contributed by atoms with Gasteiger partial charge in [-0.3, -0.25) is 4.79 Å². The van der Waals surface area contributed by atoms with E-state index in [1.807, 2.05) is 30.3 Å². The van der Waals surface area contributed by atoms with Crippen molar-refractivity contribution >= 4 is 23.1 Å². The first-order valence-corrected chi connectivity index (χ1v) is 10.5. The Hall–Kier alpha value is -3.59. The average molecular weight is 435 g/mol. The molecule has 0 bridgehead atoms.